The average Bonchev–Trinajstić information content (AvgIpc) is 3.17. The summed E-state index contributed by atoms with van der Waals surface area (Å²) in [5, 5.41) is 3.15. The maximum atomic E-state index is 14.4. The number of benzene rings is 2. The molecule has 0 aliphatic carbocycles. The van der Waals surface area contributed by atoms with Crippen LogP contribution < -0.4 is 10.2 Å². The Kier molecular flexibility index (Phi) is 4.24. The molecule has 0 saturated carbocycles. The van der Waals surface area contributed by atoms with Gasteiger partial charge >= 0.3 is 0 Å². The van der Waals surface area contributed by atoms with Gasteiger partial charge in [0.15, 0.2) is 0 Å². The summed E-state index contributed by atoms with van der Waals surface area (Å²) in [6, 6.07) is 10.5. The normalized spacial score (nSPS) is 14.0. The number of nitrogens with zero attached hydrogens (tertiary/aromatic N) is 2. The second-order valence-electron chi connectivity index (χ2n) is 6.31. The van der Waals surface area contributed by atoms with E-state index in [1.54, 1.807) is 24.3 Å². The van der Waals surface area contributed by atoms with Crippen molar-refractivity contribution in [3.63, 3.8) is 0 Å². The monoisotopic (exact) mass is 353 g/mol. The van der Waals surface area contributed by atoms with E-state index in [1.165, 1.54) is 18.3 Å². The lowest BCUT2D eigenvalue weighted by Gasteiger charge is -2.22. The second kappa shape index (κ2) is 6.71. The third kappa shape index (κ3) is 2.98. The number of fused-ring (bicyclic) bond motifs is 1. The summed E-state index contributed by atoms with van der Waals surface area (Å²) in [7, 11) is 0. The van der Waals surface area contributed by atoms with Crippen LogP contribution in [0, 0.1) is 11.6 Å². The molecule has 1 aliphatic heterocycles. The third-order valence-electron chi connectivity index (χ3n) is 4.59. The quantitative estimate of drug-likeness (QED) is 0.761. The van der Waals surface area contributed by atoms with Crippen molar-refractivity contribution in [2.75, 3.05) is 23.3 Å². The van der Waals surface area contributed by atoms with Crippen LogP contribution in [0.15, 0.2) is 48.7 Å². The van der Waals surface area contributed by atoms with Crippen molar-refractivity contribution in [2.24, 2.45) is 0 Å². The number of hydrogen-bond acceptors (Lipinski definition) is 3. The van der Waals surface area contributed by atoms with E-state index in [4.69, 9.17) is 0 Å². The Hall–Kier alpha value is -3.02. The predicted octanol–water partition coefficient (Wildman–Crippen LogP) is 4.37. The highest BCUT2D eigenvalue weighted by molar-refractivity contribution is 6.12. The number of carbonyl (C=O) groups excluding carboxylic acids is 1. The fourth-order valence-electron chi connectivity index (χ4n) is 3.37. The number of rotatable bonds is 3. The van der Waals surface area contributed by atoms with Gasteiger partial charge in [-0.15, -0.1) is 0 Å². The van der Waals surface area contributed by atoms with Gasteiger partial charge in [-0.2, -0.15) is 0 Å². The number of aromatic nitrogens is 1. The van der Waals surface area contributed by atoms with Crippen LogP contribution in [-0.4, -0.2) is 24.0 Å². The molecule has 0 spiro atoms. The minimum absolute atomic E-state index is 0.0798. The molecule has 0 radical (unpaired) electrons. The van der Waals surface area contributed by atoms with Crippen molar-refractivity contribution in [2.45, 2.75) is 12.8 Å². The molecule has 1 fully saturated rings. The van der Waals surface area contributed by atoms with Crippen molar-refractivity contribution in [1.29, 1.82) is 0 Å². The molecule has 4 nitrogen and oxygen atoms in total. The Morgan fingerprint density at radius 3 is 2.69 bits per heavy atom. The Bertz CT molecular complexity index is 984. The first-order valence-electron chi connectivity index (χ1n) is 8.52. The van der Waals surface area contributed by atoms with Crippen molar-refractivity contribution < 1.29 is 13.6 Å². The summed E-state index contributed by atoms with van der Waals surface area (Å²) in [4.78, 5) is 19.0. The minimum Gasteiger partial charge on any atom is -0.370 e. The smallest absolute Gasteiger partial charge is 0.258 e. The summed E-state index contributed by atoms with van der Waals surface area (Å²) >= 11 is 0. The Morgan fingerprint density at radius 1 is 1.08 bits per heavy atom. The van der Waals surface area contributed by atoms with E-state index in [0.29, 0.717) is 16.6 Å². The van der Waals surface area contributed by atoms with E-state index in [0.717, 1.165) is 32.0 Å². The van der Waals surface area contributed by atoms with Crippen molar-refractivity contribution in [3.8, 4) is 0 Å². The molecule has 4 rings (SSSR count). The van der Waals surface area contributed by atoms with Crippen molar-refractivity contribution >= 4 is 28.2 Å². The van der Waals surface area contributed by atoms with Crippen LogP contribution in [0.25, 0.3) is 10.9 Å². The number of amides is 1. The molecule has 1 aromatic heterocycles. The minimum atomic E-state index is -0.584. The first-order valence-corrected chi connectivity index (χ1v) is 8.52. The zero-order valence-corrected chi connectivity index (χ0v) is 14.0. The zero-order chi connectivity index (χ0) is 18.1. The fraction of sp³-hybridized carbons (Fsp3) is 0.200. The number of para-hydroxylation sites is 1. The summed E-state index contributed by atoms with van der Waals surface area (Å²) in [5.41, 5.74) is 1.22. The lowest BCUT2D eigenvalue weighted by atomic mass is 10.1. The topological polar surface area (TPSA) is 45.2 Å². The molecular weight excluding hydrogens is 336 g/mol. The Morgan fingerprint density at radius 2 is 1.88 bits per heavy atom. The molecule has 0 bridgehead atoms. The van der Waals surface area contributed by atoms with Crippen LogP contribution in [-0.2, 0) is 0 Å². The molecule has 3 aromatic rings. The van der Waals surface area contributed by atoms with E-state index in [-0.39, 0.29) is 11.3 Å². The number of carbonyl (C=O) groups is 1. The standard InChI is InChI=1S/C20H17F2N3O/c21-14-11-13-5-4-8-23-18(13)15(12-14)20(26)24-19-16(22)6-3-7-17(19)25-9-1-2-10-25/h3-8,11-12H,1-2,9-10H2,(H,24,26). The summed E-state index contributed by atoms with van der Waals surface area (Å²) in [5.74, 6) is -1.64. The Labute approximate surface area is 149 Å². The first-order chi connectivity index (χ1) is 12.6. The molecular formula is C20H17F2N3O. The summed E-state index contributed by atoms with van der Waals surface area (Å²) < 4.78 is 28.4. The molecule has 1 saturated heterocycles. The lowest BCUT2D eigenvalue weighted by Crippen LogP contribution is -2.22. The maximum Gasteiger partial charge on any atom is 0.258 e. The Balaban J connectivity index is 1.74. The van der Waals surface area contributed by atoms with Gasteiger partial charge in [-0.05, 0) is 43.2 Å². The molecule has 1 amide bonds. The van der Waals surface area contributed by atoms with Gasteiger partial charge in [-0.1, -0.05) is 12.1 Å². The predicted molar refractivity (Wildman–Crippen MR) is 97.5 cm³/mol. The second-order valence-corrected chi connectivity index (χ2v) is 6.31. The number of pyridine rings is 1. The van der Waals surface area contributed by atoms with Crippen LogP contribution in [0.3, 0.4) is 0 Å². The van der Waals surface area contributed by atoms with Gasteiger partial charge in [0.05, 0.1) is 16.8 Å². The molecule has 0 atom stereocenters. The third-order valence-corrected chi connectivity index (χ3v) is 4.59. The molecule has 6 heteroatoms. The van der Waals surface area contributed by atoms with Crippen molar-refractivity contribution in [3.05, 3.63) is 65.9 Å². The highest BCUT2D eigenvalue weighted by atomic mass is 19.1. The molecule has 1 N–H and O–H groups in total. The zero-order valence-electron chi connectivity index (χ0n) is 14.0. The summed E-state index contributed by atoms with van der Waals surface area (Å²) in [6.07, 6.45) is 3.60. The SMILES string of the molecule is O=C(Nc1c(F)cccc1N1CCCC1)c1cc(F)cc2cccnc12. The maximum absolute atomic E-state index is 14.4. The summed E-state index contributed by atoms with van der Waals surface area (Å²) in [6.45, 7) is 1.63. The van der Waals surface area contributed by atoms with Crippen LogP contribution in [0.5, 0.6) is 0 Å². The number of halogens is 2. The lowest BCUT2D eigenvalue weighted by molar-refractivity contribution is 0.102. The fourth-order valence-corrected chi connectivity index (χ4v) is 3.37. The average molecular weight is 353 g/mol. The largest absolute Gasteiger partial charge is 0.370 e. The molecule has 132 valence electrons. The molecule has 2 aromatic carbocycles. The van der Waals surface area contributed by atoms with Gasteiger partial charge in [0.2, 0.25) is 0 Å². The van der Waals surface area contributed by atoms with E-state index in [9.17, 15) is 13.6 Å². The van der Waals surface area contributed by atoms with Crippen molar-refractivity contribution in [1.82, 2.24) is 4.98 Å². The highest BCUT2D eigenvalue weighted by Gasteiger charge is 2.21. The van der Waals surface area contributed by atoms with Gasteiger partial charge in [0.25, 0.3) is 5.91 Å². The number of hydrogen-bond donors (Lipinski definition) is 1. The molecule has 26 heavy (non-hydrogen) atoms. The van der Waals surface area contributed by atoms with Gasteiger partial charge in [-0.3, -0.25) is 9.78 Å². The van der Waals surface area contributed by atoms with Gasteiger partial charge in [0.1, 0.15) is 17.3 Å². The highest BCUT2D eigenvalue weighted by Crippen LogP contribution is 2.32. The van der Waals surface area contributed by atoms with Crippen LogP contribution in [0.4, 0.5) is 20.2 Å². The van der Waals surface area contributed by atoms with Crippen LogP contribution in [0.2, 0.25) is 0 Å². The van der Waals surface area contributed by atoms with Gasteiger partial charge in [-0.25, -0.2) is 8.78 Å². The first kappa shape index (κ1) is 16.4. The van der Waals surface area contributed by atoms with Crippen LogP contribution in [0.1, 0.15) is 23.2 Å². The number of anilines is 2. The van der Waals surface area contributed by atoms with Gasteiger partial charge < -0.3 is 10.2 Å². The molecule has 2 heterocycles. The molecule has 0 unspecified atom stereocenters. The van der Waals surface area contributed by atoms with E-state index >= 15 is 0 Å². The molecule has 1 aliphatic rings. The van der Waals surface area contributed by atoms with Crippen LogP contribution >= 0.6 is 0 Å². The van der Waals surface area contributed by atoms with E-state index in [1.807, 2.05) is 4.90 Å². The number of nitrogens with one attached hydrogen (secondary N) is 1. The van der Waals surface area contributed by atoms with E-state index < -0.39 is 17.5 Å². The van der Waals surface area contributed by atoms with E-state index in [2.05, 4.69) is 10.3 Å². The van der Waals surface area contributed by atoms with Gasteiger partial charge in [0, 0.05) is 24.7 Å².